The van der Waals surface area contributed by atoms with Crippen LogP contribution in [-0.2, 0) is 0 Å². The monoisotopic (exact) mass is 368 g/mol. The molecule has 0 radical (unpaired) electrons. The molecule has 0 saturated heterocycles. The number of benzene rings is 2. The Morgan fingerprint density at radius 3 is 1.85 bits per heavy atom. The van der Waals surface area contributed by atoms with Crippen LogP contribution in [0.3, 0.4) is 0 Å². The molecular weight excluding hydrogens is 346 g/mol. The van der Waals surface area contributed by atoms with E-state index in [1.165, 1.54) is 14.2 Å². The molecule has 0 saturated carbocycles. The Morgan fingerprint density at radius 2 is 1.42 bits per heavy atom. The van der Waals surface area contributed by atoms with Gasteiger partial charge in [-0.15, -0.1) is 0 Å². The molecule has 0 aliphatic rings. The zero-order valence-electron chi connectivity index (χ0n) is 16.0. The van der Waals surface area contributed by atoms with Crippen LogP contribution in [0.1, 0.15) is 24.2 Å². The molecule has 2 rings (SSSR count). The van der Waals surface area contributed by atoms with E-state index in [0.717, 1.165) is 11.1 Å². The Kier molecular flexibility index (Phi) is 9.02. The van der Waals surface area contributed by atoms with E-state index in [9.17, 15) is 4.79 Å². The van der Waals surface area contributed by atoms with Gasteiger partial charge < -0.3 is 32.3 Å². The van der Waals surface area contributed by atoms with Gasteiger partial charge in [-0.2, -0.15) is 5.30 Å². The molecule has 26 heavy (non-hydrogen) atoms. The van der Waals surface area contributed by atoms with Crippen molar-refractivity contribution < 1.29 is 42.6 Å². The first-order valence-corrected chi connectivity index (χ1v) is 8.70. The molecule has 134 valence electrons. The Morgan fingerprint density at radius 1 is 0.885 bits per heavy atom. The van der Waals surface area contributed by atoms with E-state index < -0.39 is 0 Å². The first-order valence-electron chi connectivity index (χ1n) is 7.81. The van der Waals surface area contributed by atoms with Crippen molar-refractivity contribution in [1.29, 1.82) is 0 Å². The predicted molar refractivity (Wildman–Crippen MR) is 99.2 cm³/mol. The predicted octanol–water partition coefficient (Wildman–Crippen LogP) is 0.915. The molecule has 2 aromatic carbocycles. The minimum absolute atomic E-state index is 0. The van der Waals surface area contributed by atoms with Crippen molar-refractivity contribution in [3.05, 3.63) is 42.0 Å². The topological polar surface area (TPSA) is 54.0 Å². The summed E-state index contributed by atoms with van der Waals surface area (Å²) in [7, 11) is 5.10. The summed E-state index contributed by atoms with van der Waals surface area (Å²) in [5, 5.41) is 0.862. The Labute approximate surface area is 168 Å². The number of carbonyl (C=O) groups excluding carboxylic acids is 1. The van der Waals surface area contributed by atoms with Gasteiger partial charge in [0.2, 0.25) is 0 Å². The summed E-state index contributed by atoms with van der Waals surface area (Å²) in [6, 6.07) is 10.8. The maximum Gasteiger partial charge on any atom is 1.00 e. The van der Waals surface area contributed by atoms with Crippen LogP contribution < -0.4 is 43.1 Å². The summed E-state index contributed by atoms with van der Waals surface area (Å²) in [4.78, 5) is 12.8. The second-order valence-electron chi connectivity index (χ2n) is 5.48. The molecule has 0 bridgehead atoms. The fourth-order valence-corrected chi connectivity index (χ4v) is 3.13. The standard InChI is InChI=1S/C19H22O5P.Li/c1-12(2)24-13-6-8-15(9-7-13)25-19(20)18-16(22-4)10-14(21-3)11-17(18)23-5;/h6-12H,1-5H3;/q-1;+1. The third kappa shape index (κ3) is 5.67. The van der Waals surface area contributed by atoms with Gasteiger partial charge in [-0.25, -0.2) is 0 Å². The summed E-state index contributed by atoms with van der Waals surface area (Å²) in [5.74, 6) is 2.19. The largest absolute Gasteiger partial charge is 1.00 e. The third-order valence-corrected chi connectivity index (χ3v) is 4.35. The maximum atomic E-state index is 12.8. The van der Waals surface area contributed by atoms with Gasteiger partial charge in [-0.05, 0) is 26.0 Å². The molecule has 0 amide bonds. The van der Waals surface area contributed by atoms with Crippen LogP contribution in [0, 0.1) is 0 Å². The van der Waals surface area contributed by atoms with Crippen LogP contribution in [0.5, 0.6) is 23.0 Å². The molecule has 0 aliphatic carbocycles. The number of methoxy groups -OCH3 is 3. The molecule has 0 spiro atoms. The summed E-state index contributed by atoms with van der Waals surface area (Å²) >= 11 is 0. The van der Waals surface area contributed by atoms with Crippen molar-refractivity contribution in [3.63, 3.8) is 0 Å². The molecule has 0 unspecified atom stereocenters. The summed E-state index contributed by atoms with van der Waals surface area (Å²) < 4.78 is 21.5. The Bertz CT molecular complexity index is 706. The van der Waals surface area contributed by atoms with Crippen LogP contribution in [0.25, 0.3) is 0 Å². The van der Waals surface area contributed by atoms with Crippen molar-refractivity contribution in [3.8, 4) is 23.0 Å². The van der Waals surface area contributed by atoms with Crippen molar-refractivity contribution in [2.45, 2.75) is 20.0 Å². The zero-order chi connectivity index (χ0) is 18.4. The van der Waals surface area contributed by atoms with E-state index in [2.05, 4.69) is 0 Å². The zero-order valence-corrected chi connectivity index (χ0v) is 16.9. The van der Waals surface area contributed by atoms with Crippen LogP contribution in [0.2, 0.25) is 0 Å². The van der Waals surface area contributed by atoms with Crippen LogP contribution in [0.15, 0.2) is 36.4 Å². The maximum absolute atomic E-state index is 12.8. The summed E-state index contributed by atoms with van der Waals surface area (Å²) in [6.07, 6.45) is 0.109. The van der Waals surface area contributed by atoms with Crippen LogP contribution in [0.4, 0.5) is 0 Å². The first-order chi connectivity index (χ1) is 12.0. The summed E-state index contributed by atoms with van der Waals surface area (Å²) in [5.41, 5.74) is 0.281. The van der Waals surface area contributed by atoms with Gasteiger partial charge in [0.15, 0.2) is 0 Å². The Hall–Kier alpha value is -1.66. The van der Waals surface area contributed by atoms with Crippen molar-refractivity contribution in [2.24, 2.45) is 0 Å². The molecule has 0 aliphatic heterocycles. The molecule has 2 aromatic rings. The van der Waals surface area contributed by atoms with E-state index in [-0.39, 0.29) is 30.5 Å². The smallest absolute Gasteiger partial charge is 0.496 e. The van der Waals surface area contributed by atoms with E-state index >= 15 is 0 Å². The van der Waals surface area contributed by atoms with Gasteiger partial charge in [-0.3, -0.25) is 0 Å². The average Bonchev–Trinajstić information content (AvgIpc) is 2.61. The first kappa shape index (κ1) is 22.4. The van der Waals surface area contributed by atoms with Gasteiger partial charge in [0.05, 0.1) is 33.0 Å². The minimum atomic E-state index is -0.117. The number of hydrogen-bond donors (Lipinski definition) is 0. The SMILES string of the molecule is COc1cc(OC)c(C(=O)[P-]c2ccc(OC(C)C)cc2)c(OC)c1.[Li+]. The normalized spacial score (nSPS) is 10.5. The number of rotatable bonds is 8. The molecule has 0 N–H and O–H groups in total. The number of carbonyl (C=O) groups is 1. The van der Waals surface area contributed by atoms with Gasteiger partial charge in [0.25, 0.3) is 0 Å². The molecule has 0 aromatic heterocycles. The molecule has 0 fully saturated rings. The fraction of sp³-hybridized carbons (Fsp3) is 0.316. The van der Waals surface area contributed by atoms with Crippen molar-refractivity contribution >= 4 is 19.4 Å². The van der Waals surface area contributed by atoms with E-state index in [0.29, 0.717) is 31.4 Å². The van der Waals surface area contributed by atoms with E-state index in [1.54, 1.807) is 19.2 Å². The quantitative estimate of drug-likeness (QED) is 0.512. The van der Waals surface area contributed by atoms with Gasteiger partial charge in [0, 0.05) is 17.7 Å². The second-order valence-corrected chi connectivity index (χ2v) is 6.63. The molecular formula is C19H22LiO5P. The van der Waals surface area contributed by atoms with Gasteiger partial charge in [0.1, 0.15) is 23.0 Å². The summed E-state index contributed by atoms with van der Waals surface area (Å²) in [6.45, 7) is 3.94. The number of ether oxygens (including phenoxy) is 4. The van der Waals surface area contributed by atoms with Gasteiger partial charge in [-0.1, -0.05) is 12.1 Å². The second kappa shape index (κ2) is 10.5. The third-order valence-electron chi connectivity index (χ3n) is 3.37. The van der Waals surface area contributed by atoms with Crippen molar-refractivity contribution in [2.75, 3.05) is 21.3 Å². The molecule has 0 heterocycles. The minimum Gasteiger partial charge on any atom is -0.496 e. The molecule has 0 atom stereocenters. The fourth-order valence-electron chi connectivity index (χ4n) is 2.26. The molecule has 5 nitrogen and oxygen atoms in total. The van der Waals surface area contributed by atoms with E-state index in [1.807, 2.05) is 38.1 Å². The van der Waals surface area contributed by atoms with Gasteiger partial charge >= 0.3 is 18.9 Å². The Balaban J connectivity index is 0.00000338. The van der Waals surface area contributed by atoms with Crippen molar-refractivity contribution in [1.82, 2.24) is 0 Å². The van der Waals surface area contributed by atoms with Crippen LogP contribution in [-0.4, -0.2) is 33.0 Å². The average molecular weight is 368 g/mol. The number of hydrogen-bond acceptors (Lipinski definition) is 5. The van der Waals surface area contributed by atoms with Crippen LogP contribution >= 0.6 is 8.58 Å². The molecule has 7 heteroatoms. The van der Waals surface area contributed by atoms with E-state index in [4.69, 9.17) is 18.9 Å².